The molecule has 3 aliphatic heterocycles. The molecule has 2 unspecified atom stereocenters. The first-order chi connectivity index (χ1) is 16.5. The molecule has 6 nitrogen and oxygen atoms in total. The van der Waals surface area contributed by atoms with Gasteiger partial charge in [0.15, 0.2) is 5.82 Å². The fraction of sp³-hybridized carbons (Fsp3) is 0.231. The van der Waals surface area contributed by atoms with Crippen molar-refractivity contribution < 1.29 is 23.4 Å². The number of hydrogen-bond acceptors (Lipinski definition) is 6. The van der Waals surface area contributed by atoms with Crippen LogP contribution in [0.25, 0.3) is 32.8 Å². The van der Waals surface area contributed by atoms with Gasteiger partial charge in [-0.05, 0) is 35.2 Å². The van der Waals surface area contributed by atoms with Gasteiger partial charge in [-0.1, -0.05) is 18.1 Å². The van der Waals surface area contributed by atoms with E-state index in [4.69, 9.17) is 15.9 Å². The molecule has 2 bridgehead atoms. The molecule has 1 N–H and O–H groups in total. The van der Waals surface area contributed by atoms with Gasteiger partial charge in [0, 0.05) is 35.8 Å². The molecule has 3 fully saturated rings. The van der Waals surface area contributed by atoms with E-state index >= 15 is 4.39 Å². The number of benzene rings is 3. The number of hydrogen-bond donors (Lipinski definition) is 1. The van der Waals surface area contributed by atoms with Crippen LogP contribution >= 0.6 is 0 Å². The van der Waals surface area contributed by atoms with Gasteiger partial charge in [-0.15, -0.1) is 6.42 Å². The van der Waals surface area contributed by atoms with Crippen LogP contribution in [0.3, 0.4) is 0 Å². The summed E-state index contributed by atoms with van der Waals surface area (Å²) < 4.78 is 41.6. The number of nitrogens with zero attached hydrogens (tertiary/aromatic N) is 3. The molecule has 1 aromatic heterocycles. The number of halogens is 2. The third-order valence-electron chi connectivity index (χ3n) is 6.49. The number of piperidine rings is 1. The Morgan fingerprint density at radius 1 is 1.12 bits per heavy atom. The molecule has 7 rings (SSSR count). The average molecular weight is 459 g/mol. The van der Waals surface area contributed by atoms with Crippen LogP contribution in [-0.2, 0) is 4.74 Å². The molecular formula is C26H19F2N3O3. The SMILES string of the molecule is C#Cc1c(F)ccc2cc(O)cc(-c3ccc4c(N5CC6CC(C5)O6)nc(OC)nc4c3F)c12. The fourth-order valence-corrected chi connectivity index (χ4v) is 4.97. The van der Waals surface area contributed by atoms with E-state index in [2.05, 4.69) is 20.8 Å². The van der Waals surface area contributed by atoms with Gasteiger partial charge in [-0.25, -0.2) is 8.78 Å². The summed E-state index contributed by atoms with van der Waals surface area (Å²) in [5.74, 6) is 1.60. The summed E-state index contributed by atoms with van der Waals surface area (Å²) in [6.07, 6.45) is 6.86. The number of morpholine rings is 1. The lowest BCUT2D eigenvalue weighted by Crippen LogP contribution is -2.57. The minimum Gasteiger partial charge on any atom is -0.508 e. The number of ether oxygens (including phenoxy) is 2. The number of phenols is 1. The van der Waals surface area contributed by atoms with Gasteiger partial charge in [0.2, 0.25) is 0 Å². The van der Waals surface area contributed by atoms with E-state index in [0.717, 1.165) is 6.42 Å². The third kappa shape index (κ3) is 3.05. The molecule has 4 aromatic rings. The highest BCUT2D eigenvalue weighted by Gasteiger charge is 2.39. The van der Waals surface area contributed by atoms with Gasteiger partial charge >= 0.3 is 6.01 Å². The maximum Gasteiger partial charge on any atom is 0.318 e. The quantitative estimate of drug-likeness (QED) is 0.458. The van der Waals surface area contributed by atoms with Gasteiger partial charge in [-0.3, -0.25) is 0 Å². The Morgan fingerprint density at radius 2 is 1.88 bits per heavy atom. The first kappa shape index (κ1) is 20.6. The second-order valence-electron chi connectivity index (χ2n) is 8.54. The Hall–Kier alpha value is -3.96. The first-order valence-electron chi connectivity index (χ1n) is 10.8. The summed E-state index contributed by atoms with van der Waals surface area (Å²) in [5.41, 5.74) is 0.468. The molecule has 34 heavy (non-hydrogen) atoms. The van der Waals surface area contributed by atoms with Crippen LogP contribution in [0, 0.1) is 24.0 Å². The monoisotopic (exact) mass is 459 g/mol. The smallest absolute Gasteiger partial charge is 0.318 e. The van der Waals surface area contributed by atoms with Crippen LogP contribution in [0.15, 0.2) is 36.4 Å². The Kier molecular flexibility index (Phi) is 4.57. The summed E-state index contributed by atoms with van der Waals surface area (Å²) in [5, 5.41) is 11.7. The molecule has 3 aliphatic rings. The van der Waals surface area contributed by atoms with Crippen molar-refractivity contribution in [2.75, 3.05) is 25.1 Å². The van der Waals surface area contributed by atoms with E-state index < -0.39 is 11.6 Å². The number of anilines is 1. The van der Waals surface area contributed by atoms with E-state index in [1.165, 1.54) is 31.4 Å². The van der Waals surface area contributed by atoms with Crippen molar-refractivity contribution in [3.05, 3.63) is 53.6 Å². The number of methoxy groups -OCH3 is 1. The highest BCUT2D eigenvalue weighted by atomic mass is 19.1. The van der Waals surface area contributed by atoms with Crippen molar-refractivity contribution in [1.29, 1.82) is 0 Å². The van der Waals surface area contributed by atoms with Gasteiger partial charge in [-0.2, -0.15) is 9.97 Å². The second-order valence-corrected chi connectivity index (χ2v) is 8.54. The van der Waals surface area contributed by atoms with Crippen LogP contribution in [0.5, 0.6) is 11.8 Å². The van der Waals surface area contributed by atoms with Gasteiger partial charge < -0.3 is 19.5 Å². The summed E-state index contributed by atoms with van der Waals surface area (Å²) in [7, 11) is 1.42. The maximum atomic E-state index is 16.1. The highest BCUT2D eigenvalue weighted by molar-refractivity contribution is 6.04. The van der Waals surface area contributed by atoms with E-state index in [9.17, 15) is 9.50 Å². The van der Waals surface area contributed by atoms with Crippen LogP contribution < -0.4 is 9.64 Å². The van der Waals surface area contributed by atoms with Crippen molar-refractivity contribution in [1.82, 2.24) is 9.97 Å². The fourth-order valence-electron chi connectivity index (χ4n) is 4.97. The zero-order valence-electron chi connectivity index (χ0n) is 18.2. The lowest BCUT2D eigenvalue weighted by Gasteiger charge is -2.47. The lowest BCUT2D eigenvalue weighted by molar-refractivity contribution is -0.133. The third-order valence-corrected chi connectivity index (χ3v) is 6.49. The Balaban J connectivity index is 1.60. The summed E-state index contributed by atoms with van der Waals surface area (Å²) in [4.78, 5) is 10.8. The zero-order chi connectivity index (χ0) is 23.6. The minimum atomic E-state index is -0.642. The van der Waals surface area contributed by atoms with Crippen molar-refractivity contribution >= 4 is 27.5 Å². The number of rotatable bonds is 3. The summed E-state index contributed by atoms with van der Waals surface area (Å²) >= 11 is 0. The molecule has 8 heteroatoms. The predicted molar refractivity (Wildman–Crippen MR) is 124 cm³/mol. The molecular weight excluding hydrogens is 440 g/mol. The van der Waals surface area contributed by atoms with Gasteiger partial charge in [0.25, 0.3) is 0 Å². The minimum absolute atomic E-state index is 0.000459. The molecule has 3 aromatic carbocycles. The zero-order valence-corrected chi connectivity index (χ0v) is 18.2. The largest absolute Gasteiger partial charge is 0.508 e. The number of terminal acetylenes is 1. The number of aromatic nitrogens is 2. The van der Waals surface area contributed by atoms with Gasteiger partial charge in [0.1, 0.15) is 22.9 Å². The van der Waals surface area contributed by atoms with E-state index in [1.54, 1.807) is 12.1 Å². The molecule has 0 amide bonds. The van der Waals surface area contributed by atoms with Crippen molar-refractivity contribution in [3.63, 3.8) is 0 Å². The molecule has 3 saturated heterocycles. The standard InChI is InChI=1S/C26H19F2N3O3/c1-3-17-21(27)7-4-13-8-14(32)9-20(22(13)17)18-5-6-19-24(23(18)28)29-26(33-2)30-25(19)31-11-15-10-16(12-31)34-15/h1,4-9,15-16,32H,10-12H2,2H3. The first-order valence-corrected chi connectivity index (χ1v) is 10.8. The molecule has 2 atom stereocenters. The van der Waals surface area contributed by atoms with E-state index in [1.807, 2.05) is 0 Å². The second kappa shape index (κ2) is 7.54. The molecule has 0 saturated carbocycles. The highest BCUT2D eigenvalue weighted by Crippen LogP contribution is 2.40. The lowest BCUT2D eigenvalue weighted by atomic mass is 9.93. The summed E-state index contributed by atoms with van der Waals surface area (Å²) in [6, 6.07) is 8.92. The van der Waals surface area contributed by atoms with E-state index in [-0.39, 0.29) is 46.2 Å². The maximum absolute atomic E-state index is 16.1. The van der Waals surface area contributed by atoms with Crippen molar-refractivity contribution in [2.24, 2.45) is 0 Å². The Morgan fingerprint density at radius 3 is 2.59 bits per heavy atom. The predicted octanol–water partition coefficient (Wildman–Crippen LogP) is 4.40. The number of phenolic OH excluding ortho intramolecular Hbond substituents is 1. The molecule has 0 radical (unpaired) electrons. The van der Waals surface area contributed by atoms with Crippen molar-refractivity contribution in [3.8, 4) is 35.2 Å². The Labute approximate surface area is 193 Å². The molecule has 170 valence electrons. The number of fused-ring (bicyclic) bond motifs is 4. The average Bonchev–Trinajstić information content (AvgIpc) is 2.83. The normalized spacial score (nSPS) is 19.2. The van der Waals surface area contributed by atoms with Crippen LogP contribution in [0.1, 0.15) is 12.0 Å². The number of aromatic hydroxyl groups is 1. The summed E-state index contributed by atoms with van der Waals surface area (Å²) in [6.45, 7) is 1.30. The molecule has 0 aliphatic carbocycles. The van der Waals surface area contributed by atoms with E-state index in [0.29, 0.717) is 35.1 Å². The van der Waals surface area contributed by atoms with Crippen LogP contribution in [0.2, 0.25) is 0 Å². The van der Waals surface area contributed by atoms with Crippen LogP contribution in [-0.4, -0.2) is 47.5 Å². The van der Waals surface area contributed by atoms with Crippen LogP contribution in [0.4, 0.5) is 14.6 Å². The topological polar surface area (TPSA) is 67.7 Å². The van der Waals surface area contributed by atoms with Gasteiger partial charge in [0.05, 0.1) is 24.9 Å². The molecule has 4 heterocycles. The van der Waals surface area contributed by atoms with Crippen molar-refractivity contribution in [2.45, 2.75) is 18.6 Å². The molecule has 0 spiro atoms. The Bertz CT molecular complexity index is 1520.